The standard InChI is InChI=1S/C22H27N3O2S.ClH/c1-16-13-19-20(14-17(16)2)28-22(23-19)25(12-8-11-24(3)4)21(26)15-27-18-9-6-5-7-10-18;/h5-7,9-10,13-14H,8,11-12,15H2,1-4H3;1H. The number of hydrogen-bond acceptors (Lipinski definition) is 5. The molecule has 7 heteroatoms. The molecule has 0 fully saturated rings. The lowest BCUT2D eigenvalue weighted by atomic mass is 10.1. The quantitative estimate of drug-likeness (QED) is 0.516. The van der Waals surface area contributed by atoms with E-state index in [2.05, 4.69) is 30.9 Å². The van der Waals surface area contributed by atoms with Gasteiger partial charge in [-0.05, 0) is 76.3 Å². The van der Waals surface area contributed by atoms with E-state index in [0.717, 1.165) is 28.3 Å². The zero-order valence-corrected chi connectivity index (χ0v) is 19.0. The molecule has 2 aromatic carbocycles. The van der Waals surface area contributed by atoms with E-state index in [1.54, 1.807) is 16.2 Å². The third-order valence-electron chi connectivity index (χ3n) is 4.62. The number of hydrogen-bond donors (Lipinski definition) is 0. The molecule has 3 rings (SSSR count). The molecule has 5 nitrogen and oxygen atoms in total. The number of fused-ring (bicyclic) bond motifs is 1. The average Bonchev–Trinajstić information content (AvgIpc) is 3.06. The van der Waals surface area contributed by atoms with E-state index in [9.17, 15) is 4.79 Å². The first-order valence-electron chi connectivity index (χ1n) is 9.45. The lowest BCUT2D eigenvalue weighted by Crippen LogP contribution is -2.36. The molecule has 0 N–H and O–H groups in total. The summed E-state index contributed by atoms with van der Waals surface area (Å²) in [5, 5.41) is 0.736. The largest absolute Gasteiger partial charge is 0.484 e. The first-order chi connectivity index (χ1) is 13.4. The van der Waals surface area contributed by atoms with E-state index < -0.39 is 0 Å². The number of aryl methyl sites for hydroxylation is 2. The van der Waals surface area contributed by atoms with E-state index >= 15 is 0 Å². The SMILES string of the molecule is Cc1cc2nc(N(CCCN(C)C)C(=O)COc3ccccc3)sc2cc1C.Cl. The Balaban J connectivity index is 0.00000300. The van der Waals surface area contributed by atoms with Crippen molar-refractivity contribution in [2.45, 2.75) is 20.3 Å². The van der Waals surface area contributed by atoms with Crippen LogP contribution >= 0.6 is 23.7 Å². The van der Waals surface area contributed by atoms with Gasteiger partial charge in [0.25, 0.3) is 5.91 Å². The van der Waals surface area contributed by atoms with Crippen LogP contribution in [0, 0.1) is 13.8 Å². The van der Waals surface area contributed by atoms with Gasteiger partial charge in [0.1, 0.15) is 5.75 Å². The molecule has 0 spiro atoms. The van der Waals surface area contributed by atoms with Gasteiger partial charge in [0, 0.05) is 6.54 Å². The number of nitrogens with zero attached hydrogens (tertiary/aromatic N) is 3. The predicted molar refractivity (Wildman–Crippen MR) is 124 cm³/mol. The maximum absolute atomic E-state index is 13.0. The van der Waals surface area contributed by atoms with Gasteiger partial charge < -0.3 is 9.64 Å². The van der Waals surface area contributed by atoms with Crippen LogP contribution in [-0.4, -0.2) is 49.6 Å². The molecular weight excluding hydrogens is 406 g/mol. The van der Waals surface area contributed by atoms with Crippen molar-refractivity contribution in [1.82, 2.24) is 9.88 Å². The van der Waals surface area contributed by atoms with E-state index in [-0.39, 0.29) is 24.9 Å². The summed E-state index contributed by atoms with van der Waals surface area (Å²) in [5.41, 5.74) is 3.39. The van der Waals surface area contributed by atoms with Crippen LogP contribution in [0.3, 0.4) is 0 Å². The highest BCUT2D eigenvalue weighted by atomic mass is 35.5. The monoisotopic (exact) mass is 433 g/mol. The van der Waals surface area contributed by atoms with Gasteiger partial charge in [-0.15, -0.1) is 12.4 Å². The minimum absolute atomic E-state index is 0. The molecule has 3 aromatic rings. The van der Waals surface area contributed by atoms with Gasteiger partial charge in [0.2, 0.25) is 0 Å². The Bertz CT molecular complexity index is 905. The fourth-order valence-electron chi connectivity index (χ4n) is 2.90. The van der Waals surface area contributed by atoms with Crippen LogP contribution in [0.4, 0.5) is 5.13 Å². The number of benzene rings is 2. The Hall–Kier alpha value is -2.15. The maximum atomic E-state index is 13.0. The fourth-order valence-corrected chi connectivity index (χ4v) is 3.98. The highest BCUT2D eigenvalue weighted by Crippen LogP contribution is 2.31. The molecule has 1 aromatic heterocycles. The van der Waals surface area contributed by atoms with E-state index in [1.807, 2.05) is 44.4 Å². The summed E-state index contributed by atoms with van der Waals surface area (Å²) in [6.07, 6.45) is 0.873. The summed E-state index contributed by atoms with van der Waals surface area (Å²) in [4.78, 5) is 21.6. The molecule has 0 unspecified atom stereocenters. The van der Waals surface area contributed by atoms with Gasteiger partial charge in [0.05, 0.1) is 10.2 Å². The van der Waals surface area contributed by atoms with Gasteiger partial charge in [0.15, 0.2) is 11.7 Å². The maximum Gasteiger partial charge on any atom is 0.266 e. The van der Waals surface area contributed by atoms with E-state index in [1.165, 1.54) is 11.1 Å². The number of anilines is 1. The van der Waals surface area contributed by atoms with Crippen molar-refractivity contribution in [2.24, 2.45) is 0 Å². The Morgan fingerprint density at radius 2 is 1.76 bits per heavy atom. The number of rotatable bonds is 8. The first-order valence-corrected chi connectivity index (χ1v) is 10.3. The van der Waals surface area contributed by atoms with Gasteiger partial charge in [-0.2, -0.15) is 0 Å². The highest BCUT2D eigenvalue weighted by molar-refractivity contribution is 7.22. The van der Waals surface area contributed by atoms with Crippen LogP contribution in [0.5, 0.6) is 5.75 Å². The normalized spacial score (nSPS) is 10.8. The van der Waals surface area contributed by atoms with Crippen molar-refractivity contribution >= 4 is 45.0 Å². The molecule has 0 aliphatic rings. The van der Waals surface area contributed by atoms with Crippen LogP contribution in [0.1, 0.15) is 17.5 Å². The molecule has 1 amide bonds. The van der Waals surface area contributed by atoms with Gasteiger partial charge >= 0.3 is 0 Å². The van der Waals surface area contributed by atoms with Crippen molar-refractivity contribution in [3.05, 3.63) is 53.6 Å². The summed E-state index contributed by atoms with van der Waals surface area (Å²) in [6, 6.07) is 13.7. The molecule has 29 heavy (non-hydrogen) atoms. The van der Waals surface area contributed by atoms with Gasteiger partial charge in [-0.3, -0.25) is 9.69 Å². The van der Waals surface area contributed by atoms with Crippen molar-refractivity contribution in [2.75, 3.05) is 38.7 Å². The third-order valence-corrected chi connectivity index (χ3v) is 5.66. The lowest BCUT2D eigenvalue weighted by molar-refractivity contribution is -0.120. The number of carbonyl (C=O) groups excluding carboxylic acids is 1. The zero-order chi connectivity index (χ0) is 20.1. The van der Waals surface area contributed by atoms with Crippen LogP contribution in [0.15, 0.2) is 42.5 Å². The Morgan fingerprint density at radius 3 is 2.45 bits per heavy atom. The summed E-state index contributed by atoms with van der Waals surface area (Å²) < 4.78 is 6.79. The Kier molecular flexibility index (Phi) is 8.44. The van der Waals surface area contributed by atoms with Crippen LogP contribution < -0.4 is 9.64 Å². The van der Waals surface area contributed by atoms with Gasteiger partial charge in [-0.25, -0.2) is 4.98 Å². The van der Waals surface area contributed by atoms with Crippen LogP contribution in [0.25, 0.3) is 10.2 Å². The van der Waals surface area contributed by atoms with Crippen molar-refractivity contribution in [1.29, 1.82) is 0 Å². The summed E-state index contributed by atoms with van der Waals surface area (Å²) in [6.45, 7) is 5.71. The van der Waals surface area contributed by atoms with E-state index in [4.69, 9.17) is 9.72 Å². The minimum Gasteiger partial charge on any atom is -0.484 e. The number of aromatic nitrogens is 1. The zero-order valence-electron chi connectivity index (χ0n) is 17.3. The number of carbonyl (C=O) groups is 1. The fraction of sp³-hybridized carbons (Fsp3) is 0.364. The number of ether oxygens (including phenoxy) is 1. The molecular formula is C22H28ClN3O2S. The van der Waals surface area contributed by atoms with Crippen molar-refractivity contribution in [3.63, 3.8) is 0 Å². The lowest BCUT2D eigenvalue weighted by Gasteiger charge is -2.21. The molecule has 156 valence electrons. The second kappa shape index (κ2) is 10.6. The number of amides is 1. The summed E-state index contributed by atoms with van der Waals surface area (Å²) in [5.74, 6) is 0.620. The number of para-hydroxylation sites is 1. The Morgan fingerprint density at radius 1 is 1.07 bits per heavy atom. The summed E-state index contributed by atoms with van der Waals surface area (Å²) >= 11 is 1.56. The number of halogens is 1. The molecule has 0 saturated carbocycles. The third kappa shape index (κ3) is 6.16. The molecule has 1 heterocycles. The second-order valence-electron chi connectivity index (χ2n) is 7.20. The second-order valence-corrected chi connectivity index (χ2v) is 8.21. The summed E-state index contributed by atoms with van der Waals surface area (Å²) in [7, 11) is 4.07. The number of thiazole rings is 1. The molecule has 0 saturated heterocycles. The van der Waals surface area contributed by atoms with Crippen LogP contribution in [-0.2, 0) is 4.79 Å². The van der Waals surface area contributed by atoms with Crippen molar-refractivity contribution < 1.29 is 9.53 Å². The van der Waals surface area contributed by atoms with E-state index in [0.29, 0.717) is 12.3 Å². The molecule has 0 bridgehead atoms. The Labute approximate surface area is 182 Å². The molecule has 0 radical (unpaired) electrons. The first kappa shape index (κ1) is 23.1. The minimum atomic E-state index is -0.0740. The topological polar surface area (TPSA) is 45.7 Å². The predicted octanol–water partition coefficient (Wildman–Crippen LogP) is 4.70. The van der Waals surface area contributed by atoms with Crippen LogP contribution in [0.2, 0.25) is 0 Å². The highest BCUT2D eigenvalue weighted by Gasteiger charge is 2.20. The average molecular weight is 434 g/mol. The van der Waals surface area contributed by atoms with Gasteiger partial charge in [-0.1, -0.05) is 29.5 Å². The molecule has 0 atom stereocenters. The van der Waals surface area contributed by atoms with Crippen molar-refractivity contribution in [3.8, 4) is 5.75 Å². The molecule has 0 aliphatic heterocycles. The molecule has 0 aliphatic carbocycles. The smallest absolute Gasteiger partial charge is 0.266 e.